The number of anilines is 5. The zero-order valence-electron chi connectivity index (χ0n) is 18.9. The van der Waals surface area contributed by atoms with Crippen molar-refractivity contribution in [1.29, 1.82) is 0 Å². The Morgan fingerprint density at radius 2 is 1.86 bits per heavy atom. The molecule has 2 aromatic carbocycles. The molecule has 0 unspecified atom stereocenters. The fourth-order valence-electron chi connectivity index (χ4n) is 3.19. The van der Waals surface area contributed by atoms with Crippen molar-refractivity contribution in [3.05, 3.63) is 71.4 Å². The Bertz CT molecular complexity index is 1370. The number of amides is 2. The van der Waals surface area contributed by atoms with Crippen LogP contribution in [0.3, 0.4) is 0 Å². The van der Waals surface area contributed by atoms with E-state index in [1.54, 1.807) is 24.3 Å². The minimum Gasteiger partial charge on any atom is -0.506 e. The second-order valence-electron chi connectivity index (χ2n) is 7.94. The van der Waals surface area contributed by atoms with Gasteiger partial charge in [-0.1, -0.05) is 30.3 Å². The number of rotatable bonds is 10. The summed E-state index contributed by atoms with van der Waals surface area (Å²) in [5.74, 6) is -2.21. The first-order chi connectivity index (χ1) is 17.2. The Morgan fingerprint density at radius 1 is 1.11 bits per heavy atom. The number of hydrogen-bond donors (Lipinski definition) is 5. The van der Waals surface area contributed by atoms with Gasteiger partial charge in [-0.3, -0.25) is 19.3 Å². The fourth-order valence-corrected chi connectivity index (χ4v) is 3.33. The van der Waals surface area contributed by atoms with Gasteiger partial charge in [0.1, 0.15) is 10.8 Å². The number of nitrogens with one attached hydrogen (secondary N) is 3. The quantitative estimate of drug-likeness (QED) is 0.0693. The predicted molar refractivity (Wildman–Crippen MR) is 136 cm³/mol. The summed E-state index contributed by atoms with van der Waals surface area (Å²) in [6, 6.07) is 10.7. The SMILES string of the molecule is C=C(CN1CC1)C(=O)Nc1ccc(O)c(Nc2ncc(Cl)c(Nc3ccccc3C(=O)C(N)=O)n2)c1. The number of phenolic OH excluding ortho intramolecular Hbond substituents is 1. The molecule has 0 saturated carbocycles. The monoisotopic (exact) mass is 507 g/mol. The summed E-state index contributed by atoms with van der Waals surface area (Å²) in [4.78, 5) is 46.4. The van der Waals surface area contributed by atoms with Crippen LogP contribution in [-0.2, 0) is 9.59 Å². The van der Waals surface area contributed by atoms with E-state index in [1.165, 1.54) is 24.4 Å². The van der Waals surface area contributed by atoms with Crippen LogP contribution in [0.4, 0.5) is 28.8 Å². The van der Waals surface area contributed by atoms with Crippen LogP contribution in [0.2, 0.25) is 5.02 Å². The van der Waals surface area contributed by atoms with Gasteiger partial charge in [0.2, 0.25) is 5.95 Å². The van der Waals surface area contributed by atoms with Gasteiger partial charge in [-0.05, 0) is 30.3 Å². The summed E-state index contributed by atoms with van der Waals surface area (Å²) in [5.41, 5.74) is 6.54. The third-order valence-corrected chi connectivity index (χ3v) is 5.45. The Balaban J connectivity index is 1.52. The van der Waals surface area contributed by atoms with Gasteiger partial charge in [0.15, 0.2) is 5.82 Å². The Hall–Kier alpha value is -4.48. The molecule has 0 spiro atoms. The van der Waals surface area contributed by atoms with Crippen LogP contribution in [0, 0.1) is 0 Å². The average molecular weight is 508 g/mol. The molecule has 36 heavy (non-hydrogen) atoms. The first kappa shape index (κ1) is 24.6. The highest BCUT2D eigenvalue weighted by Gasteiger charge is 2.21. The highest BCUT2D eigenvalue weighted by molar-refractivity contribution is 6.43. The molecule has 0 atom stereocenters. The van der Waals surface area contributed by atoms with Crippen molar-refractivity contribution >= 4 is 58.0 Å². The number of carbonyl (C=O) groups is 3. The number of ketones is 1. The zero-order chi connectivity index (χ0) is 25.8. The molecule has 0 bridgehead atoms. The van der Waals surface area contributed by atoms with E-state index in [4.69, 9.17) is 17.3 Å². The van der Waals surface area contributed by atoms with E-state index in [0.29, 0.717) is 17.8 Å². The summed E-state index contributed by atoms with van der Waals surface area (Å²) < 4.78 is 0. The number of benzene rings is 2. The molecule has 0 radical (unpaired) electrons. The lowest BCUT2D eigenvalue weighted by atomic mass is 10.1. The summed E-state index contributed by atoms with van der Waals surface area (Å²) >= 11 is 6.23. The van der Waals surface area contributed by atoms with Crippen molar-refractivity contribution in [3.8, 4) is 5.75 Å². The van der Waals surface area contributed by atoms with Gasteiger partial charge in [0, 0.05) is 30.9 Å². The fraction of sp³-hybridized carbons (Fsp3) is 0.125. The maximum absolute atomic E-state index is 12.4. The van der Waals surface area contributed by atoms with Crippen LogP contribution in [0.25, 0.3) is 0 Å². The lowest BCUT2D eigenvalue weighted by molar-refractivity contribution is -0.114. The van der Waals surface area contributed by atoms with Gasteiger partial charge in [-0.15, -0.1) is 0 Å². The number of hydrogen-bond acceptors (Lipinski definition) is 9. The number of nitrogens with two attached hydrogens (primary N) is 1. The van der Waals surface area contributed by atoms with Crippen LogP contribution in [-0.4, -0.2) is 57.2 Å². The molecular weight excluding hydrogens is 486 g/mol. The van der Waals surface area contributed by atoms with Gasteiger partial charge in [0.25, 0.3) is 17.6 Å². The molecule has 4 rings (SSSR count). The zero-order valence-corrected chi connectivity index (χ0v) is 19.7. The van der Waals surface area contributed by atoms with E-state index < -0.39 is 11.7 Å². The molecule has 2 heterocycles. The van der Waals surface area contributed by atoms with Crippen LogP contribution >= 0.6 is 11.6 Å². The van der Waals surface area contributed by atoms with Gasteiger partial charge in [-0.25, -0.2) is 4.98 Å². The molecule has 1 aliphatic heterocycles. The minimum atomic E-state index is -1.10. The molecule has 3 aromatic rings. The second kappa shape index (κ2) is 10.4. The summed E-state index contributed by atoms with van der Waals surface area (Å²) in [5, 5.41) is 19.0. The van der Waals surface area contributed by atoms with Crippen molar-refractivity contribution in [1.82, 2.24) is 14.9 Å². The molecule has 11 nitrogen and oxygen atoms in total. The number of primary amides is 1. The largest absolute Gasteiger partial charge is 0.506 e. The number of para-hydroxylation sites is 1. The number of nitrogens with zero attached hydrogens (tertiary/aromatic N) is 3. The molecule has 184 valence electrons. The van der Waals surface area contributed by atoms with E-state index in [2.05, 4.69) is 37.4 Å². The number of aromatic nitrogens is 2. The van der Waals surface area contributed by atoms with Gasteiger partial charge in [0.05, 0.1) is 23.1 Å². The highest BCUT2D eigenvalue weighted by atomic mass is 35.5. The number of phenols is 1. The number of Topliss-reactive ketones (excluding diaryl/α,β-unsaturated/α-hetero) is 1. The number of aromatic hydroxyl groups is 1. The number of halogens is 1. The van der Waals surface area contributed by atoms with Gasteiger partial charge < -0.3 is 26.8 Å². The molecule has 1 saturated heterocycles. The Labute approximate surface area is 211 Å². The molecule has 12 heteroatoms. The Morgan fingerprint density at radius 3 is 2.58 bits per heavy atom. The van der Waals surface area contributed by atoms with E-state index in [0.717, 1.165) is 13.1 Å². The molecule has 1 fully saturated rings. The normalized spacial score (nSPS) is 12.5. The third kappa shape index (κ3) is 5.95. The molecule has 1 aliphatic rings. The van der Waals surface area contributed by atoms with Crippen molar-refractivity contribution < 1.29 is 19.5 Å². The predicted octanol–water partition coefficient (Wildman–Crippen LogP) is 2.80. The van der Waals surface area contributed by atoms with E-state index in [9.17, 15) is 19.5 Å². The summed E-state index contributed by atoms with van der Waals surface area (Å²) in [6.07, 6.45) is 1.32. The van der Waals surface area contributed by atoms with Crippen LogP contribution in [0.5, 0.6) is 5.75 Å². The maximum atomic E-state index is 12.4. The van der Waals surface area contributed by atoms with Crippen molar-refractivity contribution in [3.63, 3.8) is 0 Å². The van der Waals surface area contributed by atoms with Crippen LogP contribution in [0.1, 0.15) is 10.4 Å². The smallest absolute Gasteiger partial charge is 0.289 e. The van der Waals surface area contributed by atoms with Crippen molar-refractivity contribution in [2.45, 2.75) is 0 Å². The van der Waals surface area contributed by atoms with Gasteiger partial charge >= 0.3 is 0 Å². The van der Waals surface area contributed by atoms with Crippen molar-refractivity contribution in [2.75, 3.05) is 35.6 Å². The molecule has 1 aromatic heterocycles. The second-order valence-corrected chi connectivity index (χ2v) is 8.35. The molecule has 2 amide bonds. The molecule has 6 N–H and O–H groups in total. The lowest BCUT2D eigenvalue weighted by Gasteiger charge is -2.14. The van der Waals surface area contributed by atoms with E-state index >= 15 is 0 Å². The van der Waals surface area contributed by atoms with Crippen LogP contribution in [0.15, 0.2) is 60.8 Å². The van der Waals surface area contributed by atoms with Crippen molar-refractivity contribution in [2.24, 2.45) is 5.73 Å². The summed E-state index contributed by atoms with van der Waals surface area (Å²) in [6.45, 7) is 6.21. The standard InChI is InChI=1S/C24H22ClN7O4/c1-13(12-32-8-9-32)23(36)28-14-6-7-19(33)18(10-14)30-24-27-11-16(25)22(31-24)29-17-5-3-2-4-15(17)20(34)21(26)35/h2-7,10-11,33H,1,8-9,12H2,(H2,26,35)(H,28,36)(H2,27,29,30,31). The van der Waals surface area contributed by atoms with Gasteiger partial charge in [-0.2, -0.15) is 4.98 Å². The third-order valence-electron chi connectivity index (χ3n) is 5.17. The molecular formula is C24H22ClN7O4. The lowest BCUT2D eigenvalue weighted by Crippen LogP contribution is -2.23. The van der Waals surface area contributed by atoms with E-state index in [-0.39, 0.29) is 45.4 Å². The van der Waals surface area contributed by atoms with E-state index in [1.807, 2.05) is 0 Å². The highest BCUT2D eigenvalue weighted by Crippen LogP contribution is 2.31. The summed E-state index contributed by atoms with van der Waals surface area (Å²) in [7, 11) is 0. The van der Waals surface area contributed by atoms with Crippen LogP contribution < -0.4 is 21.7 Å². The maximum Gasteiger partial charge on any atom is 0.289 e. The average Bonchev–Trinajstić information content (AvgIpc) is 3.67. The topological polar surface area (TPSA) is 162 Å². The first-order valence-corrected chi connectivity index (χ1v) is 11.1. The number of carbonyl (C=O) groups excluding carboxylic acids is 3. The first-order valence-electron chi connectivity index (χ1n) is 10.8. The molecule has 0 aliphatic carbocycles. The Kier molecular flexibility index (Phi) is 7.13. The minimum absolute atomic E-state index is 0.0512.